The molecule has 0 bridgehead atoms. The fraction of sp³-hybridized carbons (Fsp3) is 0.538. The van der Waals surface area contributed by atoms with E-state index < -0.39 is 6.10 Å². The largest absolute Gasteiger partial charge is 0.389 e. The van der Waals surface area contributed by atoms with Gasteiger partial charge in [0, 0.05) is 16.8 Å². The van der Waals surface area contributed by atoms with Gasteiger partial charge in [-0.05, 0) is 38.0 Å². The van der Waals surface area contributed by atoms with Crippen LogP contribution in [0.25, 0.3) is 0 Å². The monoisotopic (exact) mass is 256 g/mol. The summed E-state index contributed by atoms with van der Waals surface area (Å²) in [6.45, 7) is 4.41. The quantitative estimate of drug-likeness (QED) is 0.901. The van der Waals surface area contributed by atoms with E-state index in [1.165, 1.54) is 17.8 Å². The van der Waals surface area contributed by atoms with Crippen LogP contribution in [0.2, 0.25) is 0 Å². The van der Waals surface area contributed by atoms with Crippen LogP contribution in [0.15, 0.2) is 23.1 Å². The van der Waals surface area contributed by atoms with Crippen molar-refractivity contribution in [2.24, 2.45) is 0 Å². The number of thioether (sulfide) groups is 1. The van der Waals surface area contributed by atoms with Gasteiger partial charge in [-0.25, -0.2) is 4.39 Å². The van der Waals surface area contributed by atoms with Gasteiger partial charge < -0.3 is 9.84 Å². The summed E-state index contributed by atoms with van der Waals surface area (Å²) in [5.74, 6) is -0.257. The number of aliphatic hydroxyl groups excluding tert-OH is 1. The highest BCUT2D eigenvalue weighted by Crippen LogP contribution is 2.34. The number of hydrogen-bond donors (Lipinski definition) is 1. The average molecular weight is 256 g/mol. The summed E-state index contributed by atoms with van der Waals surface area (Å²) >= 11 is 1.52. The summed E-state index contributed by atoms with van der Waals surface area (Å²) in [5.41, 5.74) is 0.613. The normalized spacial score (nSPS) is 26.1. The highest BCUT2D eigenvalue weighted by molar-refractivity contribution is 8.00. The van der Waals surface area contributed by atoms with Crippen LogP contribution in [0.4, 0.5) is 4.39 Å². The minimum absolute atomic E-state index is 0.177. The first-order chi connectivity index (χ1) is 8.08. The molecule has 1 aliphatic heterocycles. The molecule has 0 aliphatic carbocycles. The predicted molar refractivity (Wildman–Crippen MR) is 66.7 cm³/mol. The zero-order valence-electron chi connectivity index (χ0n) is 10.0. The van der Waals surface area contributed by atoms with Crippen LogP contribution in [0, 0.1) is 5.82 Å². The third-order valence-corrected chi connectivity index (χ3v) is 4.53. The second-order valence-corrected chi connectivity index (χ2v) is 5.67. The van der Waals surface area contributed by atoms with Gasteiger partial charge in [-0.3, -0.25) is 0 Å². The van der Waals surface area contributed by atoms with Crippen molar-refractivity contribution in [2.45, 2.75) is 42.6 Å². The lowest BCUT2D eigenvalue weighted by molar-refractivity contribution is 0.127. The Labute approximate surface area is 105 Å². The summed E-state index contributed by atoms with van der Waals surface area (Å²) in [6.07, 6.45) is 0.511. The molecule has 0 saturated carbocycles. The highest BCUT2D eigenvalue weighted by atomic mass is 32.2. The molecule has 1 aliphatic rings. The van der Waals surface area contributed by atoms with Gasteiger partial charge in [0.25, 0.3) is 0 Å². The van der Waals surface area contributed by atoms with Crippen molar-refractivity contribution in [2.75, 3.05) is 6.61 Å². The molecular formula is C13H17FO2S. The number of aliphatic hydroxyl groups is 1. The molecule has 1 heterocycles. The first kappa shape index (κ1) is 12.9. The summed E-state index contributed by atoms with van der Waals surface area (Å²) in [7, 11) is 0. The fourth-order valence-electron chi connectivity index (χ4n) is 1.90. The first-order valence-electron chi connectivity index (χ1n) is 5.83. The number of rotatable bonds is 3. The van der Waals surface area contributed by atoms with Crippen LogP contribution in [0.5, 0.6) is 0 Å². The maximum absolute atomic E-state index is 13.8. The van der Waals surface area contributed by atoms with Gasteiger partial charge in [-0.15, -0.1) is 11.8 Å². The smallest absolute Gasteiger partial charge is 0.137 e. The second kappa shape index (κ2) is 5.38. The molecule has 1 saturated heterocycles. The van der Waals surface area contributed by atoms with Crippen LogP contribution in [0.3, 0.4) is 0 Å². The van der Waals surface area contributed by atoms with E-state index in [4.69, 9.17) is 4.74 Å². The number of halogens is 1. The molecule has 0 spiro atoms. The summed E-state index contributed by atoms with van der Waals surface area (Å²) in [5, 5.41) is 9.69. The molecular weight excluding hydrogens is 239 g/mol. The molecule has 17 heavy (non-hydrogen) atoms. The van der Waals surface area contributed by atoms with E-state index in [2.05, 4.69) is 0 Å². The Bertz CT molecular complexity index is 395. The summed E-state index contributed by atoms with van der Waals surface area (Å²) < 4.78 is 19.3. The zero-order valence-corrected chi connectivity index (χ0v) is 10.8. The van der Waals surface area contributed by atoms with E-state index in [-0.39, 0.29) is 11.9 Å². The minimum Gasteiger partial charge on any atom is -0.389 e. The van der Waals surface area contributed by atoms with Gasteiger partial charge in [0.15, 0.2) is 0 Å². The minimum atomic E-state index is -0.628. The topological polar surface area (TPSA) is 29.5 Å². The average Bonchev–Trinajstić information content (AvgIpc) is 2.67. The fourth-order valence-corrected chi connectivity index (χ4v) is 3.03. The van der Waals surface area contributed by atoms with Crippen molar-refractivity contribution < 1.29 is 14.2 Å². The molecule has 0 amide bonds. The number of ether oxygens (including phenoxy) is 1. The molecule has 1 fully saturated rings. The molecule has 1 N–H and O–H groups in total. The van der Waals surface area contributed by atoms with Gasteiger partial charge in [0.05, 0.1) is 12.2 Å². The lowest BCUT2D eigenvalue weighted by Crippen LogP contribution is -2.13. The van der Waals surface area contributed by atoms with Crippen LogP contribution in [-0.2, 0) is 4.74 Å². The van der Waals surface area contributed by atoms with Crippen LogP contribution < -0.4 is 0 Å². The molecule has 0 radical (unpaired) electrons. The van der Waals surface area contributed by atoms with E-state index in [1.807, 2.05) is 6.92 Å². The van der Waals surface area contributed by atoms with Crippen molar-refractivity contribution in [3.05, 3.63) is 29.6 Å². The summed E-state index contributed by atoms with van der Waals surface area (Å²) in [6, 6.07) is 4.93. The number of hydrogen-bond acceptors (Lipinski definition) is 3. The van der Waals surface area contributed by atoms with E-state index in [0.29, 0.717) is 15.7 Å². The Morgan fingerprint density at radius 2 is 2.29 bits per heavy atom. The molecule has 3 atom stereocenters. The maximum Gasteiger partial charge on any atom is 0.137 e. The summed E-state index contributed by atoms with van der Waals surface area (Å²) in [4.78, 5) is 0.636. The van der Waals surface area contributed by atoms with Crippen LogP contribution >= 0.6 is 11.8 Å². The zero-order chi connectivity index (χ0) is 12.4. The predicted octanol–water partition coefficient (Wildman–Crippen LogP) is 3.15. The highest BCUT2D eigenvalue weighted by Gasteiger charge is 2.26. The van der Waals surface area contributed by atoms with Gasteiger partial charge in [0.1, 0.15) is 5.82 Å². The third-order valence-electron chi connectivity index (χ3n) is 3.02. The molecule has 2 nitrogen and oxygen atoms in total. The van der Waals surface area contributed by atoms with Gasteiger partial charge in [-0.2, -0.15) is 0 Å². The van der Waals surface area contributed by atoms with Crippen LogP contribution in [0.1, 0.15) is 31.9 Å². The van der Waals surface area contributed by atoms with Crippen molar-refractivity contribution in [3.8, 4) is 0 Å². The van der Waals surface area contributed by atoms with Crippen molar-refractivity contribution >= 4 is 11.8 Å². The molecule has 1 aromatic rings. The Kier molecular flexibility index (Phi) is 4.07. The number of benzene rings is 1. The van der Waals surface area contributed by atoms with Gasteiger partial charge in [0.2, 0.25) is 0 Å². The Balaban J connectivity index is 2.11. The Hall–Kier alpha value is -0.580. The van der Waals surface area contributed by atoms with Crippen LogP contribution in [-0.4, -0.2) is 23.1 Å². The Morgan fingerprint density at radius 1 is 1.53 bits per heavy atom. The maximum atomic E-state index is 13.8. The van der Waals surface area contributed by atoms with Crippen molar-refractivity contribution in [1.82, 2.24) is 0 Å². The SMILES string of the molecule is CC1OCCC1Sc1ccc([C@H](C)O)cc1F. The lowest BCUT2D eigenvalue weighted by atomic mass is 10.1. The van der Waals surface area contributed by atoms with E-state index in [9.17, 15) is 9.50 Å². The third kappa shape index (κ3) is 3.00. The Morgan fingerprint density at radius 3 is 2.82 bits per heavy atom. The molecule has 2 rings (SSSR count). The van der Waals surface area contributed by atoms with Gasteiger partial charge in [-0.1, -0.05) is 6.07 Å². The van der Waals surface area contributed by atoms with Crippen molar-refractivity contribution in [3.63, 3.8) is 0 Å². The van der Waals surface area contributed by atoms with E-state index >= 15 is 0 Å². The molecule has 4 heteroatoms. The molecule has 94 valence electrons. The van der Waals surface area contributed by atoms with Gasteiger partial charge >= 0.3 is 0 Å². The molecule has 0 aromatic heterocycles. The van der Waals surface area contributed by atoms with E-state index in [0.717, 1.165) is 13.0 Å². The van der Waals surface area contributed by atoms with E-state index in [1.54, 1.807) is 19.1 Å². The second-order valence-electron chi connectivity index (χ2n) is 4.39. The molecule has 2 unspecified atom stereocenters. The molecule has 1 aromatic carbocycles. The standard InChI is InChI=1S/C13H17FO2S/c1-8(15)10-3-4-13(11(14)7-10)17-12-5-6-16-9(12)2/h3-4,7-9,12,15H,5-6H2,1-2H3/t8-,9?,12?/m0/s1. The first-order valence-corrected chi connectivity index (χ1v) is 6.71. The lowest BCUT2D eigenvalue weighted by Gasteiger charge is -2.14. The van der Waals surface area contributed by atoms with Crippen molar-refractivity contribution in [1.29, 1.82) is 0 Å².